The molecule has 0 aliphatic heterocycles. The molecule has 2 rings (SSSR count). The summed E-state index contributed by atoms with van der Waals surface area (Å²) in [7, 11) is 0. The first-order chi connectivity index (χ1) is 9.49. The van der Waals surface area contributed by atoms with Crippen LogP contribution < -0.4 is 10.6 Å². The van der Waals surface area contributed by atoms with Gasteiger partial charge in [-0.1, -0.05) is 18.2 Å². The summed E-state index contributed by atoms with van der Waals surface area (Å²) >= 11 is 0. The molecule has 104 valence electrons. The molecule has 0 unspecified atom stereocenters. The molecule has 2 aromatic rings. The Morgan fingerprint density at radius 1 is 1.15 bits per heavy atom. The third kappa shape index (κ3) is 3.28. The maximum absolute atomic E-state index is 13.8. The number of halogens is 1. The molecule has 0 fully saturated rings. The third-order valence-electron chi connectivity index (χ3n) is 2.76. The fraction of sp³-hybridized carbons (Fsp3) is 0.214. The van der Waals surface area contributed by atoms with Crippen LogP contribution in [0.1, 0.15) is 19.4 Å². The average Bonchev–Trinajstić information content (AvgIpc) is 2.39. The van der Waals surface area contributed by atoms with E-state index in [0.29, 0.717) is 5.56 Å². The van der Waals surface area contributed by atoms with Gasteiger partial charge < -0.3 is 5.32 Å². The van der Waals surface area contributed by atoms with E-state index in [4.69, 9.17) is 0 Å². The smallest absolute Gasteiger partial charge is 0.322 e. The first kappa shape index (κ1) is 13.9. The van der Waals surface area contributed by atoms with Gasteiger partial charge >= 0.3 is 6.03 Å². The highest BCUT2D eigenvalue weighted by atomic mass is 19.1. The number of carbonyl (C=O) groups excluding carboxylic acids is 1. The molecular weight excluding hydrogens is 259 g/mol. The Bertz CT molecular complexity index is 601. The summed E-state index contributed by atoms with van der Waals surface area (Å²) in [6, 6.07) is 7.47. The van der Waals surface area contributed by atoms with Crippen molar-refractivity contribution in [2.45, 2.75) is 19.4 Å². The topological polar surface area (TPSA) is 66.9 Å². The summed E-state index contributed by atoms with van der Waals surface area (Å²) in [5.41, 5.74) is -0.450. The highest BCUT2D eigenvalue weighted by molar-refractivity contribution is 5.87. The van der Waals surface area contributed by atoms with Gasteiger partial charge in [0.2, 0.25) is 5.95 Å². The van der Waals surface area contributed by atoms with Gasteiger partial charge in [-0.05, 0) is 26.0 Å². The van der Waals surface area contributed by atoms with Crippen molar-refractivity contribution in [1.82, 2.24) is 15.3 Å². The molecule has 0 saturated heterocycles. The van der Waals surface area contributed by atoms with Gasteiger partial charge in [0.25, 0.3) is 0 Å². The Hall–Kier alpha value is -2.50. The molecule has 0 spiro atoms. The number of amides is 2. The van der Waals surface area contributed by atoms with Crippen molar-refractivity contribution in [1.29, 1.82) is 0 Å². The van der Waals surface area contributed by atoms with Crippen LogP contribution in [0.3, 0.4) is 0 Å². The Kier molecular flexibility index (Phi) is 3.93. The summed E-state index contributed by atoms with van der Waals surface area (Å²) in [6.07, 6.45) is 3.04. The van der Waals surface area contributed by atoms with E-state index in [1.165, 1.54) is 18.5 Å². The predicted molar refractivity (Wildman–Crippen MR) is 73.6 cm³/mol. The first-order valence-electron chi connectivity index (χ1n) is 6.10. The minimum atomic E-state index is -0.857. The van der Waals surface area contributed by atoms with Gasteiger partial charge in [-0.2, -0.15) is 0 Å². The van der Waals surface area contributed by atoms with Gasteiger partial charge in [-0.3, -0.25) is 5.32 Å². The van der Waals surface area contributed by atoms with Crippen molar-refractivity contribution >= 4 is 12.0 Å². The fourth-order valence-electron chi connectivity index (χ4n) is 1.82. The minimum Gasteiger partial charge on any atom is -0.329 e. The van der Waals surface area contributed by atoms with Gasteiger partial charge in [0.05, 0.1) is 5.54 Å². The van der Waals surface area contributed by atoms with Crippen LogP contribution in [0, 0.1) is 5.82 Å². The van der Waals surface area contributed by atoms with Gasteiger partial charge in [-0.15, -0.1) is 0 Å². The second kappa shape index (κ2) is 5.64. The number of nitrogens with zero attached hydrogens (tertiary/aromatic N) is 2. The summed E-state index contributed by atoms with van der Waals surface area (Å²) < 4.78 is 13.8. The number of benzene rings is 1. The molecule has 0 bridgehead atoms. The summed E-state index contributed by atoms with van der Waals surface area (Å²) in [4.78, 5) is 19.7. The van der Waals surface area contributed by atoms with Crippen molar-refractivity contribution in [3.8, 4) is 0 Å². The maximum Gasteiger partial charge on any atom is 0.322 e. The number of rotatable bonds is 3. The van der Waals surface area contributed by atoms with Gasteiger partial charge in [0.15, 0.2) is 0 Å². The van der Waals surface area contributed by atoms with E-state index in [1.54, 1.807) is 38.1 Å². The maximum atomic E-state index is 13.8. The van der Waals surface area contributed by atoms with Crippen molar-refractivity contribution in [3.05, 3.63) is 54.1 Å². The van der Waals surface area contributed by atoms with Crippen LogP contribution in [0.2, 0.25) is 0 Å². The number of hydrogen-bond acceptors (Lipinski definition) is 3. The zero-order valence-corrected chi connectivity index (χ0v) is 11.2. The van der Waals surface area contributed by atoms with Crippen LogP contribution in [0.4, 0.5) is 15.1 Å². The number of hydrogen-bond donors (Lipinski definition) is 2. The second-order valence-corrected chi connectivity index (χ2v) is 4.76. The monoisotopic (exact) mass is 274 g/mol. The molecular formula is C14H15FN4O. The lowest BCUT2D eigenvalue weighted by Crippen LogP contribution is -2.44. The van der Waals surface area contributed by atoms with E-state index in [0.717, 1.165) is 0 Å². The van der Waals surface area contributed by atoms with Crippen LogP contribution in [0.5, 0.6) is 0 Å². The predicted octanol–water partition coefficient (Wildman–Crippen LogP) is 2.67. The zero-order chi connectivity index (χ0) is 14.6. The Morgan fingerprint density at radius 3 is 2.45 bits per heavy atom. The minimum absolute atomic E-state index is 0.189. The highest BCUT2D eigenvalue weighted by Gasteiger charge is 2.25. The third-order valence-corrected chi connectivity index (χ3v) is 2.76. The summed E-state index contributed by atoms with van der Waals surface area (Å²) in [5, 5.41) is 5.18. The molecule has 20 heavy (non-hydrogen) atoms. The van der Waals surface area contributed by atoms with Gasteiger partial charge in [0, 0.05) is 18.0 Å². The van der Waals surface area contributed by atoms with Gasteiger partial charge in [0.1, 0.15) is 5.82 Å². The Labute approximate surface area is 116 Å². The van der Waals surface area contributed by atoms with E-state index in [9.17, 15) is 9.18 Å². The molecule has 0 radical (unpaired) electrons. The molecule has 2 amide bonds. The van der Waals surface area contributed by atoms with Crippen molar-refractivity contribution < 1.29 is 9.18 Å². The lowest BCUT2D eigenvalue weighted by molar-refractivity contribution is 0.241. The number of carbonyl (C=O) groups is 1. The molecule has 1 aromatic carbocycles. The lowest BCUT2D eigenvalue weighted by atomic mass is 9.94. The normalized spacial score (nSPS) is 10.9. The van der Waals surface area contributed by atoms with Crippen LogP contribution >= 0.6 is 0 Å². The number of nitrogens with one attached hydrogen (secondary N) is 2. The Balaban J connectivity index is 2.09. The zero-order valence-electron chi connectivity index (χ0n) is 11.2. The van der Waals surface area contributed by atoms with Crippen molar-refractivity contribution in [2.24, 2.45) is 0 Å². The molecule has 2 N–H and O–H groups in total. The van der Waals surface area contributed by atoms with E-state index in [2.05, 4.69) is 20.6 Å². The van der Waals surface area contributed by atoms with E-state index in [1.807, 2.05) is 0 Å². The van der Waals surface area contributed by atoms with Crippen LogP contribution in [0.15, 0.2) is 42.7 Å². The van der Waals surface area contributed by atoms with Crippen LogP contribution in [-0.2, 0) is 5.54 Å². The molecule has 0 aliphatic carbocycles. The second-order valence-electron chi connectivity index (χ2n) is 4.76. The average molecular weight is 274 g/mol. The summed E-state index contributed by atoms with van der Waals surface area (Å²) in [5.74, 6) is -0.178. The van der Waals surface area contributed by atoms with E-state index < -0.39 is 11.6 Å². The molecule has 0 atom stereocenters. The molecule has 5 nitrogen and oxygen atoms in total. The molecule has 1 heterocycles. The van der Waals surface area contributed by atoms with E-state index in [-0.39, 0.29) is 11.8 Å². The first-order valence-corrected chi connectivity index (χ1v) is 6.10. The fourth-order valence-corrected chi connectivity index (χ4v) is 1.82. The SMILES string of the molecule is CC(C)(NC(=O)Nc1ncccn1)c1ccccc1F. The standard InChI is InChI=1S/C14H15FN4O/c1-14(2,10-6-3-4-7-11(10)15)19-13(20)18-12-16-8-5-9-17-12/h3-9H,1-2H3,(H2,16,17,18,19,20). The largest absolute Gasteiger partial charge is 0.329 e. The van der Waals surface area contributed by atoms with Crippen LogP contribution in [0.25, 0.3) is 0 Å². The van der Waals surface area contributed by atoms with Crippen molar-refractivity contribution in [3.63, 3.8) is 0 Å². The molecule has 1 aromatic heterocycles. The van der Waals surface area contributed by atoms with E-state index >= 15 is 0 Å². The highest BCUT2D eigenvalue weighted by Crippen LogP contribution is 2.22. The number of anilines is 1. The number of aromatic nitrogens is 2. The van der Waals surface area contributed by atoms with Crippen LogP contribution in [-0.4, -0.2) is 16.0 Å². The lowest BCUT2D eigenvalue weighted by Gasteiger charge is -2.27. The summed E-state index contributed by atoms with van der Waals surface area (Å²) in [6.45, 7) is 3.44. The quantitative estimate of drug-likeness (QED) is 0.904. The van der Waals surface area contributed by atoms with Gasteiger partial charge in [-0.25, -0.2) is 19.2 Å². The molecule has 0 saturated carbocycles. The molecule has 0 aliphatic rings. The number of urea groups is 1. The molecule has 6 heteroatoms. The van der Waals surface area contributed by atoms with Crippen molar-refractivity contribution in [2.75, 3.05) is 5.32 Å². The Morgan fingerprint density at radius 2 is 1.80 bits per heavy atom.